The molecule has 3 rings (SSSR count). The minimum absolute atomic E-state index is 0.218. The van der Waals surface area contributed by atoms with E-state index in [0.29, 0.717) is 37.0 Å². The maximum Gasteiger partial charge on any atom is 0.226 e. The Morgan fingerprint density at radius 3 is 2.58 bits per heavy atom. The second kappa shape index (κ2) is 5.41. The van der Waals surface area contributed by atoms with Gasteiger partial charge in [0.2, 0.25) is 5.91 Å². The average Bonchev–Trinajstić information content (AvgIpc) is 2.38. The van der Waals surface area contributed by atoms with Gasteiger partial charge >= 0.3 is 0 Å². The minimum Gasteiger partial charge on any atom is -0.377 e. The standard InChI is InChI=1S/C15H26N2O2/c1-10-9-19-6-5-17(10)15(18)13-7-11-3-2-4-12(8-13)14(11)16/h10-14H,2-9,16H2,1H3. The molecule has 1 aliphatic heterocycles. The molecule has 1 saturated heterocycles. The molecule has 3 unspecified atom stereocenters. The Morgan fingerprint density at radius 1 is 1.26 bits per heavy atom. The summed E-state index contributed by atoms with van der Waals surface area (Å²) in [6, 6.07) is 0.580. The van der Waals surface area contributed by atoms with E-state index in [1.54, 1.807) is 0 Å². The Morgan fingerprint density at radius 2 is 1.95 bits per heavy atom. The Hall–Kier alpha value is -0.610. The van der Waals surface area contributed by atoms with Gasteiger partial charge in [0, 0.05) is 18.5 Å². The maximum atomic E-state index is 12.7. The van der Waals surface area contributed by atoms with Crippen molar-refractivity contribution in [3.63, 3.8) is 0 Å². The third-order valence-corrected chi connectivity index (χ3v) is 5.41. The first kappa shape index (κ1) is 13.4. The highest BCUT2D eigenvalue weighted by Gasteiger charge is 2.42. The molecule has 0 aromatic heterocycles. The van der Waals surface area contributed by atoms with Crippen LogP contribution in [0.3, 0.4) is 0 Å². The topological polar surface area (TPSA) is 55.6 Å². The highest BCUT2D eigenvalue weighted by molar-refractivity contribution is 5.79. The van der Waals surface area contributed by atoms with Crippen LogP contribution in [0.25, 0.3) is 0 Å². The molecule has 0 spiro atoms. The Balaban J connectivity index is 1.67. The molecular weight excluding hydrogens is 240 g/mol. The smallest absolute Gasteiger partial charge is 0.226 e. The summed E-state index contributed by atoms with van der Waals surface area (Å²) in [7, 11) is 0. The van der Waals surface area contributed by atoms with Crippen LogP contribution in [-0.2, 0) is 9.53 Å². The highest BCUT2D eigenvalue weighted by atomic mass is 16.5. The van der Waals surface area contributed by atoms with Gasteiger partial charge in [0.15, 0.2) is 0 Å². The fourth-order valence-corrected chi connectivity index (χ4v) is 4.28. The van der Waals surface area contributed by atoms with E-state index >= 15 is 0 Å². The number of rotatable bonds is 1. The largest absolute Gasteiger partial charge is 0.377 e. The predicted octanol–water partition coefficient (Wildman–Crippen LogP) is 1.39. The Kier molecular flexibility index (Phi) is 3.81. The lowest BCUT2D eigenvalue weighted by molar-refractivity contribution is -0.146. The number of carbonyl (C=O) groups excluding carboxylic acids is 1. The number of nitrogens with zero attached hydrogens (tertiary/aromatic N) is 1. The van der Waals surface area contributed by atoms with E-state index in [2.05, 4.69) is 6.92 Å². The van der Waals surface area contributed by atoms with E-state index in [0.717, 1.165) is 19.4 Å². The van der Waals surface area contributed by atoms with Crippen molar-refractivity contribution in [1.29, 1.82) is 0 Å². The molecule has 4 nitrogen and oxygen atoms in total. The highest BCUT2D eigenvalue weighted by Crippen LogP contribution is 2.42. The van der Waals surface area contributed by atoms with Crippen molar-refractivity contribution in [1.82, 2.24) is 4.90 Å². The zero-order chi connectivity index (χ0) is 13.4. The van der Waals surface area contributed by atoms with Gasteiger partial charge in [0.25, 0.3) is 0 Å². The molecule has 3 atom stereocenters. The zero-order valence-corrected chi connectivity index (χ0v) is 11.9. The molecule has 19 heavy (non-hydrogen) atoms. The fraction of sp³-hybridized carbons (Fsp3) is 0.933. The summed E-state index contributed by atoms with van der Waals surface area (Å²) in [5.74, 6) is 1.74. The Bertz CT molecular complexity index is 333. The van der Waals surface area contributed by atoms with Crippen LogP contribution in [-0.4, -0.2) is 42.6 Å². The lowest BCUT2D eigenvalue weighted by atomic mass is 9.65. The number of hydrogen-bond donors (Lipinski definition) is 1. The lowest BCUT2D eigenvalue weighted by Gasteiger charge is -2.45. The number of ether oxygens (including phenoxy) is 1. The van der Waals surface area contributed by atoms with E-state index in [1.807, 2.05) is 4.90 Å². The predicted molar refractivity (Wildman–Crippen MR) is 73.5 cm³/mol. The number of carbonyl (C=O) groups is 1. The van der Waals surface area contributed by atoms with E-state index < -0.39 is 0 Å². The number of hydrogen-bond acceptors (Lipinski definition) is 3. The number of fused-ring (bicyclic) bond motifs is 2. The van der Waals surface area contributed by atoms with Gasteiger partial charge in [-0.3, -0.25) is 4.79 Å². The third kappa shape index (κ3) is 2.52. The average molecular weight is 266 g/mol. The summed E-state index contributed by atoms with van der Waals surface area (Å²) in [6.45, 7) is 4.23. The number of nitrogens with two attached hydrogens (primary N) is 1. The summed E-state index contributed by atoms with van der Waals surface area (Å²) in [4.78, 5) is 14.8. The van der Waals surface area contributed by atoms with Crippen LogP contribution in [0.5, 0.6) is 0 Å². The molecule has 108 valence electrons. The van der Waals surface area contributed by atoms with Gasteiger partial charge in [0.1, 0.15) is 0 Å². The Labute approximate surface area is 115 Å². The van der Waals surface area contributed by atoms with Crippen molar-refractivity contribution >= 4 is 5.91 Å². The number of morpholine rings is 1. The first-order valence-electron chi connectivity index (χ1n) is 7.80. The molecule has 1 amide bonds. The van der Waals surface area contributed by atoms with Gasteiger partial charge < -0.3 is 15.4 Å². The summed E-state index contributed by atoms with van der Waals surface area (Å²) >= 11 is 0. The summed E-state index contributed by atoms with van der Waals surface area (Å²) in [5.41, 5.74) is 6.31. The van der Waals surface area contributed by atoms with Crippen molar-refractivity contribution in [2.45, 2.75) is 51.1 Å². The molecule has 0 radical (unpaired) electrons. The van der Waals surface area contributed by atoms with Gasteiger partial charge in [0.05, 0.1) is 19.3 Å². The van der Waals surface area contributed by atoms with E-state index in [9.17, 15) is 4.79 Å². The molecule has 2 bridgehead atoms. The zero-order valence-electron chi connectivity index (χ0n) is 11.9. The van der Waals surface area contributed by atoms with Crippen LogP contribution in [0.2, 0.25) is 0 Å². The SMILES string of the molecule is CC1COCCN1C(=O)C1CC2CCCC(C1)C2N. The van der Waals surface area contributed by atoms with Crippen molar-refractivity contribution in [3.8, 4) is 0 Å². The van der Waals surface area contributed by atoms with E-state index in [4.69, 9.17) is 10.5 Å². The summed E-state index contributed by atoms with van der Waals surface area (Å²) in [5, 5.41) is 0. The van der Waals surface area contributed by atoms with E-state index in [1.165, 1.54) is 19.3 Å². The first-order chi connectivity index (χ1) is 9.16. The van der Waals surface area contributed by atoms with Gasteiger partial charge in [-0.15, -0.1) is 0 Å². The van der Waals surface area contributed by atoms with Crippen LogP contribution in [0, 0.1) is 17.8 Å². The third-order valence-electron chi connectivity index (χ3n) is 5.41. The molecule has 0 aromatic rings. The second-order valence-corrected chi connectivity index (χ2v) is 6.65. The first-order valence-corrected chi connectivity index (χ1v) is 7.80. The van der Waals surface area contributed by atoms with Crippen molar-refractivity contribution in [2.75, 3.05) is 19.8 Å². The van der Waals surface area contributed by atoms with E-state index in [-0.39, 0.29) is 12.0 Å². The minimum atomic E-state index is 0.218. The molecule has 2 saturated carbocycles. The van der Waals surface area contributed by atoms with Crippen molar-refractivity contribution in [3.05, 3.63) is 0 Å². The summed E-state index contributed by atoms with van der Waals surface area (Å²) < 4.78 is 5.43. The van der Waals surface area contributed by atoms with Crippen LogP contribution in [0.15, 0.2) is 0 Å². The molecule has 3 aliphatic rings. The lowest BCUT2D eigenvalue weighted by Crippen LogP contribution is -2.53. The van der Waals surface area contributed by atoms with Gasteiger partial charge in [-0.05, 0) is 44.4 Å². The molecule has 2 N–H and O–H groups in total. The van der Waals surface area contributed by atoms with Crippen molar-refractivity contribution < 1.29 is 9.53 Å². The quantitative estimate of drug-likeness (QED) is 0.780. The summed E-state index contributed by atoms with van der Waals surface area (Å²) in [6.07, 6.45) is 5.78. The monoisotopic (exact) mass is 266 g/mol. The van der Waals surface area contributed by atoms with Crippen LogP contribution >= 0.6 is 0 Å². The van der Waals surface area contributed by atoms with Gasteiger partial charge in [-0.25, -0.2) is 0 Å². The van der Waals surface area contributed by atoms with Crippen LogP contribution in [0.1, 0.15) is 39.0 Å². The molecule has 4 heteroatoms. The molecule has 3 fully saturated rings. The molecular formula is C15H26N2O2. The van der Waals surface area contributed by atoms with Crippen LogP contribution < -0.4 is 5.73 Å². The molecule has 1 heterocycles. The fourth-order valence-electron chi connectivity index (χ4n) is 4.28. The van der Waals surface area contributed by atoms with Gasteiger partial charge in [-0.1, -0.05) is 6.42 Å². The van der Waals surface area contributed by atoms with Crippen molar-refractivity contribution in [2.24, 2.45) is 23.5 Å². The maximum absolute atomic E-state index is 12.7. The molecule has 0 aromatic carbocycles. The van der Waals surface area contributed by atoms with Crippen LogP contribution in [0.4, 0.5) is 0 Å². The second-order valence-electron chi connectivity index (χ2n) is 6.65. The number of amides is 1. The normalized spacial score (nSPS) is 43.1. The van der Waals surface area contributed by atoms with Gasteiger partial charge in [-0.2, -0.15) is 0 Å². The molecule has 2 aliphatic carbocycles.